The highest BCUT2D eigenvalue weighted by molar-refractivity contribution is 5.49. The Hall–Kier alpha value is -1.22. The average Bonchev–Trinajstić information content (AvgIpc) is 2.91. The van der Waals surface area contributed by atoms with E-state index in [4.69, 9.17) is 9.47 Å². The van der Waals surface area contributed by atoms with E-state index in [0.717, 1.165) is 11.5 Å². The molecule has 0 aromatic heterocycles. The Morgan fingerprint density at radius 1 is 1.22 bits per heavy atom. The fraction of sp³-hybridized carbons (Fsp3) is 0.600. The van der Waals surface area contributed by atoms with E-state index in [9.17, 15) is 0 Å². The molecule has 0 bridgehead atoms. The van der Waals surface area contributed by atoms with E-state index in [1.807, 2.05) is 0 Å². The van der Waals surface area contributed by atoms with Crippen LogP contribution in [0.1, 0.15) is 36.3 Å². The normalized spacial score (nSPS) is 27.5. The molecule has 18 heavy (non-hydrogen) atoms. The van der Waals surface area contributed by atoms with Crippen LogP contribution in [0.5, 0.6) is 11.5 Å². The average molecular weight is 245 g/mol. The maximum Gasteiger partial charge on any atom is 0.231 e. The molecule has 2 heterocycles. The van der Waals surface area contributed by atoms with E-state index < -0.39 is 0 Å². The summed E-state index contributed by atoms with van der Waals surface area (Å²) in [5, 5.41) is 3.43. The molecule has 1 spiro atoms. The quantitative estimate of drug-likeness (QED) is 0.825. The maximum absolute atomic E-state index is 5.51. The van der Waals surface area contributed by atoms with Crippen LogP contribution < -0.4 is 14.8 Å². The zero-order chi connectivity index (χ0) is 12.2. The Morgan fingerprint density at radius 2 is 2.00 bits per heavy atom. The van der Waals surface area contributed by atoms with Crippen LogP contribution >= 0.6 is 0 Å². The summed E-state index contributed by atoms with van der Waals surface area (Å²) < 4.78 is 10.9. The van der Waals surface area contributed by atoms with Crippen LogP contribution in [-0.4, -0.2) is 19.9 Å². The monoisotopic (exact) mass is 245 g/mol. The van der Waals surface area contributed by atoms with Gasteiger partial charge in [-0.05, 0) is 60.8 Å². The third kappa shape index (κ3) is 1.46. The van der Waals surface area contributed by atoms with Gasteiger partial charge >= 0.3 is 0 Å². The Bertz CT molecular complexity index is 494. The number of hydrogen-bond acceptors (Lipinski definition) is 3. The van der Waals surface area contributed by atoms with Gasteiger partial charge in [0.2, 0.25) is 6.79 Å². The van der Waals surface area contributed by atoms with Crippen LogP contribution in [0, 0.1) is 12.3 Å². The van der Waals surface area contributed by atoms with E-state index in [0.29, 0.717) is 18.1 Å². The van der Waals surface area contributed by atoms with Gasteiger partial charge in [0.05, 0.1) is 0 Å². The molecule has 0 radical (unpaired) electrons. The summed E-state index contributed by atoms with van der Waals surface area (Å²) in [7, 11) is 0. The molecule has 3 heteroatoms. The van der Waals surface area contributed by atoms with Crippen molar-refractivity contribution in [2.45, 2.75) is 32.1 Å². The lowest BCUT2D eigenvalue weighted by molar-refractivity contribution is 0.173. The number of benzene rings is 1. The third-order valence-corrected chi connectivity index (χ3v) is 4.90. The molecule has 3 aliphatic rings. The molecule has 1 aliphatic carbocycles. The van der Waals surface area contributed by atoms with Crippen LogP contribution in [0.15, 0.2) is 12.1 Å². The van der Waals surface area contributed by atoms with Gasteiger partial charge in [-0.1, -0.05) is 0 Å². The summed E-state index contributed by atoms with van der Waals surface area (Å²) in [6.07, 6.45) is 4.03. The van der Waals surface area contributed by atoms with Crippen molar-refractivity contribution in [3.05, 3.63) is 23.3 Å². The molecule has 1 saturated heterocycles. The summed E-state index contributed by atoms with van der Waals surface area (Å²) in [5.74, 6) is 2.55. The van der Waals surface area contributed by atoms with E-state index >= 15 is 0 Å². The largest absolute Gasteiger partial charge is 0.454 e. The second-order valence-corrected chi connectivity index (χ2v) is 6.11. The molecule has 96 valence electrons. The van der Waals surface area contributed by atoms with Gasteiger partial charge in [-0.2, -0.15) is 0 Å². The van der Waals surface area contributed by atoms with Crippen molar-refractivity contribution in [1.82, 2.24) is 5.32 Å². The molecule has 1 N–H and O–H groups in total. The summed E-state index contributed by atoms with van der Waals surface area (Å²) in [4.78, 5) is 0. The van der Waals surface area contributed by atoms with E-state index in [-0.39, 0.29) is 0 Å². The molecular weight excluding hydrogens is 226 g/mol. The molecule has 1 atom stereocenters. The Labute approximate surface area is 107 Å². The first-order valence-corrected chi connectivity index (χ1v) is 6.87. The molecule has 4 rings (SSSR count). The smallest absolute Gasteiger partial charge is 0.231 e. The summed E-state index contributed by atoms with van der Waals surface area (Å²) in [5.41, 5.74) is 3.43. The second-order valence-electron chi connectivity index (χ2n) is 6.11. The number of rotatable bonds is 1. The second kappa shape index (κ2) is 3.64. The van der Waals surface area contributed by atoms with Gasteiger partial charge in [0.25, 0.3) is 0 Å². The molecule has 1 aromatic carbocycles. The number of aryl methyl sites for hydroxylation is 1. The number of nitrogens with one attached hydrogen (secondary N) is 1. The van der Waals surface area contributed by atoms with Crippen LogP contribution in [-0.2, 0) is 0 Å². The predicted octanol–water partition coefficient (Wildman–Crippen LogP) is 2.58. The lowest BCUT2D eigenvalue weighted by Crippen LogP contribution is -2.51. The van der Waals surface area contributed by atoms with Crippen molar-refractivity contribution >= 4 is 0 Å². The minimum Gasteiger partial charge on any atom is -0.454 e. The Balaban J connectivity index is 1.65. The number of fused-ring (bicyclic) bond motifs is 1. The molecule has 0 amide bonds. The molecule has 1 unspecified atom stereocenters. The van der Waals surface area contributed by atoms with Gasteiger partial charge in [-0.3, -0.25) is 0 Å². The van der Waals surface area contributed by atoms with Gasteiger partial charge < -0.3 is 14.8 Å². The third-order valence-electron chi connectivity index (χ3n) is 4.90. The van der Waals surface area contributed by atoms with E-state index in [2.05, 4.69) is 24.4 Å². The maximum atomic E-state index is 5.51. The minimum absolute atomic E-state index is 0.372. The topological polar surface area (TPSA) is 30.5 Å². The first kappa shape index (κ1) is 10.7. The molecule has 2 fully saturated rings. The van der Waals surface area contributed by atoms with Crippen molar-refractivity contribution in [3.63, 3.8) is 0 Å². The highest BCUT2D eigenvalue weighted by Crippen LogP contribution is 2.50. The van der Waals surface area contributed by atoms with Gasteiger partial charge in [0.15, 0.2) is 11.5 Å². The number of hydrogen-bond donors (Lipinski definition) is 1. The van der Waals surface area contributed by atoms with Crippen molar-refractivity contribution in [2.24, 2.45) is 5.41 Å². The van der Waals surface area contributed by atoms with Crippen LogP contribution in [0.25, 0.3) is 0 Å². The zero-order valence-corrected chi connectivity index (χ0v) is 10.8. The highest BCUT2D eigenvalue weighted by atomic mass is 16.7. The fourth-order valence-corrected chi connectivity index (χ4v) is 3.77. The van der Waals surface area contributed by atoms with E-state index in [1.54, 1.807) is 0 Å². The fourth-order valence-electron chi connectivity index (χ4n) is 3.77. The van der Waals surface area contributed by atoms with Crippen molar-refractivity contribution < 1.29 is 9.47 Å². The number of ether oxygens (including phenoxy) is 2. The molecule has 1 aromatic rings. The lowest BCUT2D eigenvalue weighted by atomic mass is 9.78. The lowest BCUT2D eigenvalue weighted by Gasteiger charge is -2.39. The van der Waals surface area contributed by atoms with Gasteiger partial charge in [0.1, 0.15) is 0 Å². The Kier molecular flexibility index (Phi) is 2.16. The standard InChI is InChI=1S/C15H19NO2/c1-10-4-13-14(18-9-17-13)5-12(10)11-2-3-15(6-11)7-16-8-15/h4-5,11,16H,2-3,6-9H2,1H3. The van der Waals surface area contributed by atoms with Gasteiger partial charge in [0, 0.05) is 13.1 Å². The molecule has 3 nitrogen and oxygen atoms in total. The van der Waals surface area contributed by atoms with E-state index in [1.165, 1.54) is 43.5 Å². The highest BCUT2D eigenvalue weighted by Gasteiger charge is 2.44. The van der Waals surface area contributed by atoms with Crippen molar-refractivity contribution in [1.29, 1.82) is 0 Å². The van der Waals surface area contributed by atoms with Gasteiger partial charge in [-0.15, -0.1) is 0 Å². The minimum atomic E-state index is 0.372. The Morgan fingerprint density at radius 3 is 2.67 bits per heavy atom. The van der Waals surface area contributed by atoms with Gasteiger partial charge in [-0.25, -0.2) is 0 Å². The molecule has 2 aliphatic heterocycles. The zero-order valence-electron chi connectivity index (χ0n) is 10.8. The summed E-state index contributed by atoms with van der Waals surface area (Å²) in [6, 6.07) is 4.36. The summed E-state index contributed by atoms with van der Waals surface area (Å²) in [6.45, 7) is 5.00. The van der Waals surface area contributed by atoms with Crippen LogP contribution in [0.3, 0.4) is 0 Å². The first-order valence-electron chi connectivity index (χ1n) is 6.87. The van der Waals surface area contributed by atoms with Crippen molar-refractivity contribution in [2.75, 3.05) is 19.9 Å². The van der Waals surface area contributed by atoms with Crippen LogP contribution in [0.2, 0.25) is 0 Å². The SMILES string of the molecule is Cc1cc2c(cc1C1CCC3(CNC3)C1)OCO2. The predicted molar refractivity (Wildman–Crippen MR) is 69.2 cm³/mol. The molecule has 1 saturated carbocycles. The molecular formula is C15H19NO2. The summed E-state index contributed by atoms with van der Waals surface area (Å²) >= 11 is 0. The van der Waals surface area contributed by atoms with Crippen LogP contribution in [0.4, 0.5) is 0 Å². The first-order chi connectivity index (χ1) is 8.76. The van der Waals surface area contributed by atoms with Crippen molar-refractivity contribution in [3.8, 4) is 11.5 Å².